The average molecular weight is 379 g/mol. The van der Waals surface area contributed by atoms with Gasteiger partial charge in [0.05, 0.1) is 11.9 Å². The van der Waals surface area contributed by atoms with Gasteiger partial charge in [0.15, 0.2) is 5.65 Å². The zero-order valence-corrected chi connectivity index (χ0v) is 14.8. The van der Waals surface area contributed by atoms with Gasteiger partial charge in [-0.1, -0.05) is 18.2 Å². The number of rotatable bonds is 3. The number of aromatic nitrogens is 6. The van der Waals surface area contributed by atoms with Crippen molar-refractivity contribution in [1.29, 1.82) is 0 Å². The van der Waals surface area contributed by atoms with Crippen molar-refractivity contribution >= 4 is 17.0 Å². The number of benzene rings is 1. The Kier molecular flexibility index (Phi) is 3.81. The van der Waals surface area contributed by atoms with Gasteiger partial charge >= 0.3 is 5.76 Å². The van der Waals surface area contributed by atoms with E-state index in [0.29, 0.717) is 36.0 Å². The van der Waals surface area contributed by atoms with Crippen LogP contribution in [-0.4, -0.2) is 43.0 Å². The molecule has 2 N–H and O–H groups in total. The number of hydrogen-bond donors (Lipinski definition) is 2. The fraction of sp³-hybridized carbons (Fsp3) is 0.278. The lowest BCUT2D eigenvalue weighted by Crippen LogP contribution is -2.35. The SMILES string of the molecule is O=c1[nH]nc(C2CCN(c3nc4c(cnn4-c4ccccc4)c(=O)[nH]3)CC2)o1. The van der Waals surface area contributed by atoms with Crippen molar-refractivity contribution in [2.75, 3.05) is 18.0 Å². The van der Waals surface area contributed by atoms with Gasteiger partial charge in [0.1, 0.15) is 5.39 Å². The number of piperidine rings is 1. The van der Waals surface area contributed by atoms with Crippen LogP contribution in [-0.2, 0) is 0 Å². The van der Waals surface area contributed by atoms with E-state index in [9.17, 15) is 9.59 Å². The van der Waals surface area contributed by atoms with Gasteiger partial charge in [-0.25, -0.2) is 14.6 Å². The monoisotopic (exact) mass is 379 g/mol. The number of fused-ring (bicyclic) bond motifs is 1. The minimum Gasteiger partial charge on any atom is -0.392 e. The van der Waals surface area contributed by atoms with Crippen LogP contribution in [0.5, 0.6) is 0 Å². The second-order valence-corrected chi connectivity index (χ2v) is 6.73. The molecule has 1 fully saturated rings. The zero-order valence-electron chi connectivity index (χ0n) is 14.8. The Morgan fingerprint density at radius 3 is 2.61 bits per heavy atom. The molecule has 142 valence electrons. The Balaban J connectivity index is 1.45. The van der Waals surface area contributed by atoms with E-state index in [-0.39, 0.29) is 11.5 Å². The van der Waals surface area contributed by atoms with Crippen LogP contribution in [0.2, 0.25) is 0 Å². The molecule has 1 aromatic carbocycles. The highest BCUT2D eigenvalue weighted by Crippen LogP contribution is 2.27. The number of aromatic amines is 2. The van der Waals surface area contributed by atoms with E-state index < -0.39 is 5.76 Å². The van der Waals surface area contributed by atoms with Crippen LogP contribution in [0, 0.1) is 0 Å². The quantitative estimate of drug-likeness (QED) is 0.547. The maximum absolute atomic E-state index is 12.5. The lowest BCUT2D eigenvalue weighted by Gasteiger charge is -2.30. The van der Waals surface area contributed by atoms with Crippen molar-refractivity contribution in [2.45, 2.75) is 18.8 Å². The molecular weight excluding hydrogens is 362 g/mol. The average Bonchev–Trinajstić information content (AvgIpc) is 3.35. The van der Waals surface area contributed by atoms with E-state index in [1.807, 2.05) is 35.2 Å². The van der Waals surface area contributed by atoms with Gasteiger partial charge in [-0.3, -0.25) is 9.78 Å². The highest BCUT2D eigenvalue weighted by atomic mass is 16.4. The normalized spacial score (nSPS) is 15.4. The van der Waals surface area contributed by atoms with Gasteiger partial charge in [0, 0.05) is 19.0 Å². The Labute approximate surface area is 157 Å². The molecule has 0 amide bonds. The molecule has 0 bridgehead atoms. The molecule has 0 atom stereocenters. The van der Waals surface area contributed by atoms with Gasteiger partial charge in [-0.2, -0.15) is 10.1 Å². The molecule has 1 aliphatic heterocycles. The van der Waals surface area contributed by atoms with E-state index in [2.05, 4.69) is 25.3 Å². The molecule has 5 rings (SSSR count). The first-order chi connectivity index (χ1) is 13.7. The predicted molar refractivity (Wildman–Crippen MR) is 101 cm³/mol. The van der Waals surface area contributed by atoms with Crippen molar-refractivity contribution in [3.8, 4) is 5.69 Å². The van der Waals surface area contributed by atoms with E-state index >= 15 is 0 Å². The summed E-state index contributed by atoms with van der Waals surface area (Å²) in [5.41, 5.74) is 1.14. The van der Waals surface area contributed by atoms with Crippen LogP contribution in [0.1, 0.15) is 24.7 Å². The smallest absolute Gasteiger partial charge is 0.392 e. The second-order valence-electron chi connectivity index (χ2n) is 6.73. The van der Waals surface area contributed by atoms with E-state index in [1.165, 1.54) is 6.20 Å². The Morgan fingerprint density at radius 1 is 1.11 bits per heavy atom. The molecule has 10 heteroatoms. The van der Waals surface area contributed by atoms with Gasteiger partial charge in [-0.15, -0.1) is 5.10 Å². The molecule has 28 heavy (non-hydrogen) atoms. The number of anilines is 1. The molecule has 0 aliphatic carbocycles. The third-order valence-corrected chi connectivity index (χ3v) is 5.02. The molecule has 1 aliphatic rings. The first kappa shape index (κ1) is 16.5. The topological polar surface area (TPSA) is 126 Å². The first-order valence-electron chi connectivity index (χ1n) is 9.03. The van der Waals surface area contributed by atoms with Gasteiger partial charge in [0.25, 0.3) is 5.56 Å². The highest BCUT2D eigenvalue weighted by Gasteiger charge is 2.26. The van der Waals surface area contributed by atoms with Gasteiger partial charge in [0.2, 0.25) is 11.8 Å². The molecule has 0 radical (unpaired) electrons. The van der Waals surface area contributed by atoms with Crippen LogP contribution in [0.3, 0.4) is 0 Å². The van der Waals surface area contributed by atoms with E-state index in [0.717, 1.165) is 18.5 Å². The molecule has 0 saturated carbocycles. The first-order valence-corrected chi connectivity index (χ1v) is 9.03. The zero-order chi connectivity index (χ0) is 19.1. The summed E-state index contributed by atoms with van der Waals surface area (Å²) in [7, 11) is 0. The molecule has 4 aromatic rings. The third-order valence-electron chi connectivity index (χ3n) is 5.02. The Morgan fingerprint density at radius 2 is 1.89 bits per heavy atom. The van der Waals surface area contributed by atoms with Crippen LogP contribution in [0.15, 0.2) is 50.5 Å². The van der Waals surface area contributed by atoms with Crippen molar-refractivity contribution in [2.24, 2.45) is 0 Å². The minimum absolute atomic E-state index is 0.0699. The summed E-state index contributed by atoms with van der Waals surface area (Å²) in [5, 5.41) is 11.0. The number of nitrogens with one attached hydrogen (secondary N) is 2. The number of para-hydroxylation sites is 1. The lowest BCUT2D eigenvalue weighted by molar-refractivity contribution is 0.378. The largest absolute Gasteiger partial charge is 0.434 e. The minimum atomic E-state index is -0.539. The van der Waals surface area contributed by atoms with E-state index in [1.54, 1.807) is 4.68 Å². The molecule has 4 heterocycles. The van der Waals surface area contributed by atoms with Crippen LogP contribution < -0.4 is 16.2 Å². The van der Waals surface area contributed by atoms with Crippen LogP contribution >= 0.6 is 0 Å². The van der Waals surface area contributed by atoms with Crippen LogP contribution in [0.4, 0.5) is 5.95 Å². The molecular formula is C18H17N7O3. The standard InChI is InChI=1S/C18H17N7O3/c26-15-13-10-19-25(12-4-2-1-3-5-12)14(13)20-17(21-15)24-8-6-11(7-9-24)16-22-23-18(27)28-16/h1-5,10-11H,6-9H2,(H,23,27)(H,20,21,26). The van der Waals surface area contributed by atoms with Gasteiger partial charge in [-0.05, 0) is 25.0 Å². The van der Waals surface area contributed by atoms with Crippen LogP contribution in [0.25, 0.3) is 16.7 Å². The molecule has 0 unspecified atom stereocenters. The maximum atomic E-state index is 12.5. The highest BCUT2D eigenvalue weighted by molar-refractivity contribution is 5.76. The van der Waals surface area contributed by atoms with E-state index in [4.69, 9.17) is 4.42 Å². The van der Waals surface area contributed by atoms with Crippen molar-refractivity contribution in [1.82, 2.24) is 29.9 Å². The summed E-state index contributed by atoms with van der Waals surface area (Å²) >= 11 is 0. The van der Waals surface area contributed by atoms with Crippen molar-refractivity contribution in [3.63, 3.8) is 0 Å². The fourth-order valence-electron chi connectivity index (χ4n) is 3.57. The van der Waals surface area contributed by atoms with Crippen molar-refractivity contribution < 1.29 is 4.42 Å². The number of hydrogen-bond acceptors (Lipinski definition) is 7. The number of nitrogens with zero attached hydrogens (tertiary/aromatic N) is 5. The summed E-state index contributed by atoms with van der Waals surface area (Å²) in [4.78, 5) is 33.2. The van der Waals surface area contributed by atoms with Crippen molar-refractivity contribution in [3.05, 3.63) is 63.3 Å². The second kappa shape index (κ2) is 6.48. The molecule has 10 nitrogen and oxygen atoms in total. The van der Waals surface area contributed by atoms with Gasteiger partial charge < -0.3 is 9.32 Å². The third kappa shape index (κ3) is 2.79. The Bertz CT molecular complexity index is 1230. The maximum Gasteiger partial charge on any atom is 0.434 e. The molecule has 0 spiro atoms. The summed E-state index contributed by atoms with van der Waals surface area (Å²) in [6, 6.07) is 9.58. The summed E-state index contributed by atoms with van der Waals surface area (Å²) < 4.78 is 6.74. The summed E-state index contributed by atoms with van der Waals surface area (Å²) in [5.74, 6) is 0.476. The number of H-pyrrole nitrogens is 2. The summed E-state index contributed by atoms with van der Waals surface area (Å²) in [6.45, 7) is 1.32. The lowest BCUT2D eigenvalue weighted by atomic mass is 9.97. The molecule has 1 saturated heterocycles. The fourth-order valence-corrected chi connectivity index (χ4v) is 3.57. The molecule has 3 aromatic heterocycles. The Hall–Kier alpha value is -3.69. The predicted octanol–water partition coefficient (Wildman–Crippen LogP) is 1.17. The summed E-state index contributed by atoms with van der Waals surface area (Å²) in [6.07, 6.45) is 3.02.